The standard InChI is InChI=1S/C13H15ClN2O/c1-17-12-3-2-6-16(9-12)13-7-11(14)5-4-10(13)8-15/h4-5,7,12H,2-3,6,9H2,1H3. The SMILES string of the molecule is COC1CCCN(c2cc(Cl)ccc2C#N)C1. The number of hydrogen-bond donors (Lipinski definition) is 0. The lowest BCUT2D eigenvalue weighted by atomic mass is 10.1. The van der Waals surface area contributed by atoms with Gasteiger partial charge >= 0.3 is 0 Å². The first-order valence-corrected chi connectivity index (χ1v) is 6.10. The molecule has 1 aliphatic rings. The number of methoxy groups -OCH3 is 1. The largest absolute Gasteiger partial charge is 0.380 e. The first-order chi connectivity index (χ1) is 8.24. The van der Waals surface area contributed by atoms with Gasteiger partial charge in [0.05, 0.1) is 17.4 Å². The predicted octanol–water partition coefficient (Wildman–Crippen LogP) is 2.83. The zero-order valence-electron chi connectivity index (χ0n) is 9.82. The molecular formula is C13H15ClN2O. The van der Waals surface area contributed by atoms with E-state index >= 15 is 0 Å². The summed E-state index contributed by atoms with van der Waals surface area (Å²) in [4.78, 5) is 2.18. The highest BCUT2D eigenvalue weighted by molar-refractivity contribution is 6.30. The monoisotopic (exact) mass is 250 g/mol. The van der Waals surface area contributed by atoms with Crippen molar-refractivity contribution in [2.75, 3.05) is 25.1 Å². The van der Waals surface area contributed by atoms with Crippen LogP contribution in [0, 0.1) is 11.3 Å². The number of anilines is 1. The molecule has 90 valence electrons. The maximum Gasteiger partial charge on any atom is 0.101 e. The Morgan fingerprint density at radius 1 is 1.53 bits per heavy atom. The first-order valence-electron chi connectivity index (χ1n) is 5.72. The molecule has 0 amide bonds. The van der Waals surface area contributed by atoms with Gasteiger partial charge in [0.1, 0.15) is 6.07 Å². The highest BCUT2D eigenvalue weighted by Gasteiger charge is 2.21. The van der Waals surface area contributed by atoms with Crippen molar-refractivity contribution in [3.05, 3.63) is 28.8 Å². The zero-order valence-corrected chi connectivity index (χ0v) is 10.6. The minimum absolute atomic E-state index is 0.245. The van der Waals surface area contributed by atoms with Gasteiger partial charge in [-0.2, -0.15) is 5.26 Å². The van der Waals surface area contributed by atoms with E-state index in [2.05, 4.69) is 11.0 Å². The Morgan fingerprint density at radius 3 is 3.06 bits per heavy atom. The Balaban J connectivity index is 2.27. The van der Waals surface area contributed by atoms with E-state index in [9.17, 15) is 0 Å². The molecule has 1 heterocycles. The van der Waals surface area contributed by atoms with Crippen molar-refractivity contribution < 1.29 is 4.74 Å². The Bertz CT molecular complexity index is 442. The number of nitrogens with zero attached hydrogens (tertiary/aromatic N) is 2. The van der Waals surface area contributed by atoms with E-state index < -0.39 is 0 Å². The van der Waals surface area contributed by atoms with E-state index in [1.807, 2.05) is 6.07 Å². The van der Waals surface area contributed by atoms with Crippen molar-refractivity contribution in [2.45, 2.75) is 18.9 Å². The molecule has 0 bridgehead atoms. The summed E-state index contributed by atoms with van der Waals surface area (Å²) in [6, 6.07) is 7.59. The van der Waals surface area contributed by atoms with Gasteiger partial charge in [-0.3, -0.25) is 0 Å². The van der Waals surface area contributed by atoms with Gasteiger partial charge in [-0.25, -0.2) is 0 Å². The fourth-order valence-electron chi connectivity index (χ4n) is 2.21. The molecule has 1 aromatic carbocycles. The fourth-order valence-corrected chi connectivity index (χ4v) is 2.38. The highest BCUT2D eigenvalue weighted by Crippen LogP contribution is 2.27. The van der Waals surface area contributed by atoms with Gasteiger partial charge in [0.2, 0.25) is 0 Å². The topological polar surface area (TPSA) is 36.3 Å². The van der Waals surface area contributed by atoms with Crippen LogP contribution in [0.15, 0.2) is 18.2 Å². The van der Waals surface area contributed by atoms with Crippen LogP contribution < -0.4 is 4.90 Å². The highest BCUT2D eigenvalue weighted by atomic mass is 35.5. The number of hydrogen-bond acceptors (Lipinski definition) is 3. The molecular weight excluding hydrogens is 236 g/mol. The normalized spacial score (nSPS) is 20.1. The molecule has 1 atom stereocenters. The molecule has 2 rings (SSSR count). The van der Waals surface area contributed by atoms with Crippen LogP contribution in [0.1, 0.15) is 18.4 Å². The van der Waals surface area contributed by atoms with E-state index in [1.165, 1.54) is 0 Å². The lowest BCUT2D eigenvalue weighted by Crippen LogP contribution is -2.39. The van der Waals surface area contributed by atoms with E-state index in [0.29, 0.717) is 10.6 Å². The Hall–Kier alpha value is -1.24. The molecule has 0 N–H and O–H groups in total. The number of nitriles is 1. The summed E-state index contributed by atoms with van der Waals surface area (Å²) < 4.78 is 5.39. The smallest absolute Gasteiger partial charge is 0.101 e. The van der Waals surface area contributed by atoms with Gasteiger partial charge < -0.3 is 9.64 Å². The van der Waals surface area contributed by atoms with Gasteiger partial charge in [0.15, 0.2) is 0 Å². The summed E-state index contributed by atoms with van der Waals surface area (Å²) in [5.74, 6) is 0. The van der Waals surface area contributed by atoms with Gasteiger partial charge in [0.25, 0.3) is 0 Å². The summed E-state index contributed by atoms with van der Waals surface area (Å²) in [5.41, 5.74) is 1.59. The number of benzene rings is 1. The third kappa shape index (κ3) is 2.71. The molecule has 0 radical (unpaired) electrons. The van der Waals surface area contributed by atoms with Crippen LogP contribution in [0.3, 0.4) is 0 Å². The van der Waals surface area contributed by atoms with Crippen molar-refractivity contribution in [1.82, 2.24) is 0 Å². The van der Waals surface area contributed by atoms with Crippen LogP contribution in [0.2, 0.25) is 5.02 Å². The molecule has 3 nitrogen and oxygen atoms in total. The summed E-state index contributed by atoms with van der Waals surface area (Å²) in [6.07, 6.45) is 2.40. The number of ether oxygens (including phenoxy) is 1. The van der Waals surface area contributed by atoms with Crippen LogP contribution in [-0.2, 0) is 4.74 Å². The summed E-state index contributed by atoms with van der Waals surface area (Å²) >= 11 is 6.00. The average Bonchev–Trinajstić information content (AvgIpc) is 2.39. The summed E-state index contributed by atoms with van der Waals surface area (Å²) in [5, 5.41) is 9.78. The molecule has 0 spiro atoms. The van der Waals surface area contributed by atoms with Crippen LogP contribution in [0.25, 0.3) is 0 Å². The van der Waals surface area contributed by atoms with Crippen molar-refractivity contribution >= 4 is 17.3 Å². The van der Waals surface area contributed by atoms with Crippen LogP contribution in [-0.4, -0.2) is 26.3 Å². The predicted molar refractivity (Wildman–Crippen MR) is 68.4 cm³/mol. The molecule has 0 saturated carbocycles. The van der Waals surface area contributed by atoms with Crippen molar-refractivity contribution in [3.63, 3.8) is 0 Å². The lowest BCUT2D eigenvalue weighted by Gasteiger charge is -2.34. The van der Waals surface area contributed by atoms with Gasteiger partial charge in [-0.15, -0.1) is 0 Å². The maximum atomic E-state index is 9.11. The third-order valence-corrected chi connectivity index (χ3v) is 3.37. The number of halogens is 1. The number of piperidine rings is 1. The van der Waals surface area contributed by atoms with Crippen LogP contribution >= 0.6 is 11.6 Å². The van der Waals surface area contributed by atoms with Crippen molar-refractivity contribution in [1.29, 1.82) is 5.26 Å². The zero-order chi connectivity index (χ0) is 12.3. The molecule has 4 heteroatoms. The second-order valence-corrected chi connectivity index (χ2v) is 4.66. The summed E-state index contributed by atoms with van der Waals surface area (Å²) in [6.45, 7) is 1.78. The lowest BCUT2D eigenvalue weighted by molar-refractivity contribution is 0.0893. The molecule has 0 aliphatic carbocycles. The van der Waals surface area contributed by atoms with Crippen LogP contribution in [0.5, 0.6) is 0 Å². The molecule has 1 saturated heterocycles. The van der Waals surface area contributed by atoms with Crippen molar-refractivity contribution in [3.8, 4) is 6.07 Å². The minimum atomic E-state index is 0.245. The molecule has 1 aliphatic heterocycles. The molecule has 1 aromatic rings. The van der Waals surface area contributed by atoms with E-state index in [4.69, 9.17) is 21.6 Å². The van der Waals surface area contributed by atoms with E-state index in [1.54, 1.807) is 19.2 Å². The second-order valence-electron chi connectivity index (χ2n) is 4.22. The number of rotatable bonds is 2. The average molecular weight is 251 g/mol. The quantitative estimate of drug-likeness (QED) is 0.810. The Kier molecular flexibility index (Phi) is 3.88. The van der Waals surface area contributed by atoms with E-state index in [-0.39, 0.29) is 6.10 Å². The molecule has 1 fully saturated rings. The van der Waals surface area contributed by atoms with Gasteiger partial charge in [-0.1, -0.05) is 11.6 Å². The molecule has 1 unspecified atom stereocenters. The van der Waals surface area contributed by atoms with Gasteiger partial charge in [-0.05, 0) is 31.0 Å². The van der Waals surface area contributed by atoms with Crippen LogP contribution in [0.4, 0.5) is 5.69 Å². The summed E-state index contributed by atoms with van der Waals surface area (Å²) in [7, 11) is 1.73. The Morgan fingerprint density at radius 2 is 2.35 bits per heavy atom. The fraction of sp³-hybridized carbons (Fsp3) is 0.462. The minimum Gasteiger partial charge on any atom is -0.380 e. The maximum absolute atomic E-state index is 9.11. The Labute approximate surface area is 107 Å². The molecule has 17 heavy (non-hydrogen) atoms. The second kappa shape index (κ2) is 5.39. The molecule has 0 aromatic heterocycles. The third-order valence-electron chi connectivity index (χ3n) is 3.13. The van der Waals surface area contributed by atoms with Crippen molar-refractivity contribution in [2.24, 2.45) is 0 Å². The van der Waals surface area contributed by atoms with E-state index in [0.717, 1.165) is 31.6 Å². The first kappa shape index (κ1) is 12.2. The van der Waals surface area contributed by atoms with Gasteiger partial charge in [0, 0.05) is 25.2 Å².